The monoisotopic (exact) mass is 418 g/mol. The normalized spacial score (nSPS) is 14.7. The number of esters is 1. The molecule has 158 valence electrons. The summed E-state index contributed by atoms with van der Waals surface area (Å²) in [5.74, 6) is -0.682. The lowest BCUT2D eigenvalue weighted by Crippen LogP contribution is -2.36. The van der Waals surface area contributed by atoms with Crippen LogP contribution in [-0.4, -0.2) is 26.6 Å². The summed E-state index contributed by atoms with van der Waals surface area (Å²) in [5, 5.41) is 0. The van der Waals surface area contributed by atoms with Gasteiger partial charge in [-0.3, -0.25) is 4.18 Å². The lowest BCUT2D eigenvalue weighted by Gasteiger charge is -2.30. The fourth-order valence-corrected chi connectivity index (χ4v) is 4.42. The number of rotatable bonds is 11. The first kappa shape index (κ1) is 23.1. The second kappa shape index (κ2) is 11.1. The predicted octanol–water partition coefficient (Wildman–Crippen LogP) is 5.22. The Morgan fingerprint density at radius 3 is 1.93 bits per heavy atom. The molecule has 0 aliphatic carbocycles. The molecule has 0 heterocycles. The van der Waals surface area contributed by atoms with Crippen LogP contribution in [0.5, 0.6) is 0 Å². The molecule has 6 heteroatoms. The molecule has 0 saturated heterocycles. The number of hydrogen-bond acceptors (Lipinski definition) is 5. The van der Waals surface area contributed by atoms with Crippen LogP contribution < -0.4 is 0 Å². The van der Waals surface area contributed by atoms with Gasteiger partial charge in [0.15, 0.2) is 0 Å². The van der Waals surface area contributed by atoms with Crippen LogP contribution >= 0.6 is 0 Å². The molecule has 0 N–H and O–H groups in total. The minimum atomic E-state index is -3.90. The van der Waals surface area contributed by atoms with E-state index >= 15 is 0 Å². The van der Waals surface area contributed by atoms with Crippen molar-refractivity contribution >= 4 is 16.1 Å². The number of carbonyl (C=O) groups excluding carboxylic acids is 1. The van der Waals surface area contributed by atoms with Gasteiger partial charge in [-0.2, -0.15) is 8.42 Å². The van der Waals surface area contributed by atoms with E-state index in [2.05, 4.69) is 0 Å². The molecule has 2 rings (SSSR count). The van der Waals surface area contributed by atoms with Crippen molar-refractivity contribution < 1.29 is 22.1 Å². The summed E-state index contributed by atoms with van der Waals surface area (Å²) >= 11 is 0. The van der Waals surface area contributed by atoms with Crippen molar-refractivity contribution in [3.63, 3.8) is 0 Å². The summed E-state index contributed by atoms with van der Waals surface area (Å²) in [5.41, 5.74) is 0.477. The number of hydrogen-bond donors (Lipinski definition) is 0. The minimum absolute atomic E-state index is 0.127. The molecule has 5 nitrogen and oxygen atoms in total. The van der Waals surface area contributed by atoms with Crippen molar-refractivity contribution in [2.24, 2.45) is 5.92 Å². The van der Waals surface area contributed by atoms with E-state index in [-0.39, 0.29) is 10.8 Å². The van der Waals surface area contributed by atoms with Crippen LogP contribution in [0.1, 0.15) is 56.8 Å². The van der Waals surface area contributed by atoms with E-state index in [9.17, 15) is 13.2 Å². The van der Waals surface area contributed by atoms with Gasteiger partial charge in [-0.15, -0.1) is 0 Å². The van der Waals surface area contributed by atoms with Gasteiger partial charge in [0.25, 0.3) is 10.1 Å². The largest absolute Gasteiger partial charge is 0.458 e. The Hall–Kier alpha value is -2.18. The van der Waals surface area contributed by atoms with E-state index in [0.29, 0.717) is 18.4 Å². The standard InChI is InChI=1S/C23H30O5S/c1-4-12-21(27-23(24)19-14-8-6-9-15-19)18(3)22(13-5-2)28-29(25,26)20-16-10-7-11-17-20/h6-11,14-18,21-22H,4-5,12-13H2,1-3H3. The molecule has 0 saturated carbocycles. The second-order valence-electron chi connectivity index (χ2n) is 7.15. The minimum Gasteiger partial charge on any atom is -0.458 e. The number of carbonyl (C=O) groups is 1. The number of ether oxygens (including phenoxy) is 1. The van der Waals surface area contributed by atoms with E-state index < -0.39 is 28.3 Å². The zero-order valence-electron chi connectivity index (χ0n) is 17.3. The molecule has 0 aromatic heterocycles. The van der Waals surface area contributed by atoms with Gasteiger partial charge in [-0.25, -0.2) is 4.79 Å². The van der Waals surface area contributed by atoms with E-state index in [1.165, 1.54) is 12.1 Å². The first-order valence-electron chi connectivity index (χ1n) is 10.1. The molecular weight excluding hydrogens is 388 g/mol. The van der Waals surface area contributed by atoms with Gasteiger partial charge >= 0.3 is 5.97 Å². The summed E-state index contributed by atoms with van der Waals surface area (Å²) in [6.45, 7) is 5.87. The Kier molecular flexibility index (Phi) is 8.86. The molecule has 3 atom stereocenters. The van der Waals surface area contributed by atoms with Gasteiger partial charge in [0.2, 0.25) is 0 Å². The van der Waals surface area contributed by atoms with Crippen molar-refractivity contribution in [3.8, 4) is 0 Å². The molecule has 2 aromatic rings. The molecule has 0 amide bonds. The van der Waals surface area contributed by atoms with Crippen LogP contribution in [0.3, 0.4) is 0 Å². The summed E-state index contributed by atoms with van der Waals surface area (Å²) in [7, 11) is -3.90. The highest BCUT2D eigenvalue weighted by Crippen LogP contribution is 2.27. The zero-order valence-corrected chi connectivity index (χ0v) is 18.1. The molecule has 0 bridgehead atoms. The maximum atomic E-state index is 12.7. The second-order valence-corrected chi connectivity index (χ2v) is 8.72. The maximum Gasteiger partial charge on any atom is 0.338 e. The molecule has 0 radical (unpaired) electrons. The van der Waals surface area contributed by atoms with Gasteiger partial charge in [-0.05, 0) is 37.1 Å². The van der Waals surface area contributed by atoms with Crippen molar-refractivity contribution in [1.82, 2.24) is 0 Å². The molecule has 3 unspecified atom stereocenters. The Morgan fingerprint density at radius 2 is 1.38 bits per heavy atom. The summed E-state index contributed by atoms with van der Waals surface area (Å²) in [6.07, 6.45) is 1.73. The van der Waals surface area contributed by atoms with E-state index in [0.717, 1.165) is 12.8 Å². The Morgan fingerprint density at radius 1 is 0.862 bits per heavy atom. The predicted molar refractivity (Wildman–Crippen MR) is 113 cm³/mol. The van der Waals surface area contributed by atoms with Crippen LogP contribution in [0.2, 0.25) is 0 Å². The molecule has 0 aliphatic heterocycles. The zero-order chi connectivity index (χ0) is 21.3. The van der Waals surface area contributed by atoms with E-state index in [1.54, 1.807) is 42.5 Å². The average Bonchev–Trinajstić information content (AvgIpc) is 2.73. The van der Waals surface area contributed by atoms with Crippen molar-refractivity contribution in [2.75, 3.05) is 0 Å². The third-order valence-electron chi connectivity index (χ3n) is 4.87. The van der Waals surface area contributed by atoms with Crippen molar-refractivity contribution in [3.05, 3.63) is 66.2 Å². The summed E-state index contributed by atoms with van der Waals surface area (Å²) < 4.78 is 36.8. The smallest absolute Gasteiger partial charge is 0.338 e. The third kappa shape index (κ3) is 6.68. The van der Waals surface area contributed by atoms with Crippen LogP contribution in [0.15, 0.2) is 65.6 Å². The van der Waals surface area contributed by atoms with E-state index in [4.69, 9.17) is 8.92 Å². The fourth-order valence-electron chi connectivity index (χ4n) is 3.22. The molecule has 0 aliphatic rings. The lowest BCUT2D eigenvalue weighted by molar-refractivity contribution is -0.0109. The molecule has 0 fully saturated rings. The molecule has 29 heavy (non-hydrogen) atoms. The van der Waals surface area contributed by atoms with Crippen molar-refractivity contribution in [1.29, 1.82) is 0 Å². The molecular formula is C23H30O5S. The van der Waals surface area contributed by atoms with Crippen LogP contribution in [0.4, 0.5) is 0 Å². The van der Waals surface area contributed by atoms with Crippen LogP contribution in [0.25, 0.3) is 0 Å². The van der Waals surface area contributed by atoms with Crippen LogP contribution in [-0.2, 0) is 19.0 Å². The Labute approximate surface area is 174 Å². The quantitative estimate of drug-likeness (QED) is 0.369. The summed E-state index contributed by atoms with van der Waals surface area (Å²) in [6, 6.07) is 16.9. The lowest BCUT2D eigenvalue weighted by atomic mass is 9.92. The summed E-state index contributed by atoms with van der Waals surface area (Å²) in [4.78, 5) is 12.7. The van der Waals surface area contributed by atoms with Crippen LogP contribution in [0, 0.1) is 5.92 Å². The van der Waals surface area contributed by atoms with Gasteiger partial charge in [0, 0.05) is 5.92 Å². The Bertz CT molecular complexity index is 849. The maximum absolute atomic E-state index is 12.7. The third-order valence-corrected chi connectivity index (χ3v) is 6.22. The van der Waals surface area contributed by atoms with Gasteiger partial charge in [-0.1, -0.05) is 70.0 Å². The first-order chi connectivity index (χ1) is 13.9. The highest BCUT2D eigenvalue weighted by atomic mass is 32.2. The highest BCUT2D eigenvalue weighted by Gasteiger charge is 2.32. The van der Waals surface area contributed by atoms with E-state index in [1.807, 2.05) is 26.8 Å². The van der Waals surface area contributed by atoms with Gasteiger partial charge in [0.05, 0.1) is 16.6 Å². The van der Waals surface area contributed by atoms with Gasteiger partial charge in [0.1, 0.15) is 6.10 Å². The van der Waals surface area contributed by atoms with Crippen molar-refractivity contribution in [2.45, 2.75) is 63.6 Å². The number of benzene rings is 2. The first-order valence-corrected chi connectivity index (χ1v) is 11.5. The Balaban J connectivity index is 2.18. The SMILES string of the molecule is CCCC(OC(=O)c1ccccc1)C(C)C(CCC)OS(=O)(=O)c1ccccc1. The molecule has 0 spiro atoms. The molecule has 2 aromatic carbocycles. The van der Waals surface area contributed by atoms with Gasteiger partial charge < -0.3 is 4.74 Å². The average molecular weight is 419 g/mol. The topological polar surface area (TPSA) is 69.7 Å². The highest BCUT2D eigenvalue weighted by molar-refractivity contribution is 7.86. The fraction of sp³-hybridized carbons (Fsp3) is 0.435.